The lowest BCUT2D eigenvalue weighted by molar-refractivity contribution is -0.139. The van der Waals surface area contributed by atoms with Crippen LogP contribution in [0.5, 0.6) is 5.75 Å². The summed E-state index contributed by atoms with van der Waals surface area (Å²) in [5.74, 6) is -2.12. The maximum absolute atomic E-state index is 14.0. The van der Waals surface area contributed by atoms with Gasteiger partial charge in [-0.1, -0.05) is 6.58 Å². The number of furan rings is 1. The van der Waals surface area contributed by atoms with E-state index in [-0.39, 0.29) is 44.5 Å². The molecule has 1 aromatic carbocycles. The molecule has 0 radical (unpaired) electrons. The lowest BCUT2D eigenvalue weighted by atomic mass is 10.1. The molecule has 0 atom stereocenters. The highest BCUT2D eigenvalue weighted by molar-refractivity contribution is 5.87. The van der Waals surface area contributed by atoms with Crippen LogP contribution in [0.1, 0.15) is 32.6 Å². The Morgan fingerprint density at radius 2 is 1.94 bits per heavy atom. The number of aromatic nitrogens is 1. The van der Waals surface area contributed by atoms with Crippen molar-refractivity contribution in [1.29, 1.82) is 0 Å². The number of rotatable bonds is 11. The minimum Gasteiger partial charge on any atom is -0.493 e. The zero-order chi connectivity index (χ0) is 22.3. The average Bonchev–Trinajstić information content (AvgIpc) is 3.18. The topological polar surface area (TPSA) is 61.6 Å². The second-order valence-corrected chi connectivity index (χ2v) is 7.38. The Balaban J connectivity index is 1.43. The van der Waals surface area contributed by atoms with Gasteiger partial charge in [0.25, 0.3) is 0 Å². The van der Waals surface area contributed by atoms with Gasteiger partial charge in [-0.05, 0) is 50.1 Å². The first-order valence-electron chi connectivity index (χ1n) is 10.1. The number of carbonyl (C=O) groups excluding carboxylic acids is 1. The van der Waals surface area contributed by atoms with Crippen LogP contribution in [-0.2, 0) is 9.53 Å². The lowest BCUT2D eigenvalue weighted by Gasteiger charge is -2.16. The predicted octanol–water partition coefficient (Wildman–Crippen LogP) is 6.19. The fourth-order valence-electron chi connectivity index (χ4n) is 3.02. The van der Waals surface area contributed by atoms with Gasteiger partial charge < -0.3 is 13.9 Å². The number of hydrogen-bond donors (Lipinski definition) is 0. The smallest absolute Gasteiger partial charge is 0.333 e. The van der Waals surface area contributed by atoms with E-state index in [2.05, 4.69) is 11.6 Å². The normalized spacial score (nSPS) is 11.5. The van der Waals surface area contributed by atoms with Crippen molar-refractivity contribution in [2.45, 2.75) is 38.5 Å². The first kappa shape index (κ1) is 22.5. The number of alkyl halides is 2. The van der Waals surface area contributed by atoms with E-state index in [9.17, 15) is 13.6 Å². The molecule has 5 nitrogen and oxygen atoms in total. The van der Waals surface area contributed by atoms with E-state index in [4.69, 9.17) is 13.9 Å². The van der Waals surface area contributed by atoms with Crippen molar-refractivity contribution in [2.75, 3.05) is 13.2 Å². The van der Waals surface area contributed by atoms with Crippen LogP contribution >= 0.6 is 0 Å². The predicted molar refractivity (Wildman–Crippen MR) is 114 cm³/mol. The molecule has 0 unspecified atom stereocenters. The molecule has 0 aliphatic carbocycles. The van der Waals surface area contributed by atoms with Crippen molar-refractivity contribution in [1.82, 2.24) is 4.98 Å². The number of fused-ring (bicyclic) bond motifs is 1. The van der Waals surface area contributed by atoms with Crippen LogP contribution in [0.25, 0.3) is 22.3 Å². The minimum atomic E-state index is -2.83. The molecule has 0 saturated heterocycles. The maximum atomic E-state index is 14.0. The van der Waals surface area contributed by atoms with Gasteiger partial charge in [0.05, 0.1) is 13.2 Å². The van der Waals surface area contributed by atoms with Crippen molar-refractivity contribution in [3.63, 3.8) is 0 Å². The first-order valence-corrected chi connectivity index (χ1v) is 10.1. The van der Waals surface area contributed by atoms with Gasteiger partial charge in [-0.2, -0.15) is 0 Å². The van der Waals surface area contributed by atoms with E-state index < -0.39 is 11.9 Å². The zero-order valence-corrected chi connectivity index (χ0v) is 17.4. The highest BCUT2D eigenvalue weighted by atomic mass is 19.3. The Labute approximate surface area is 179 Å². The molecule has 0 N–H and O–H groups in total. The van der Waals surface area contributed by atoms with Gasteiger partial charge in [-0.15, -0.1) is 0 Å². The highest BCUT2D eigenvalue weighted by Gasteiger charge is 2.27. The second-order valence-electron chi connectivity index (χ2n) is 7.38. The van der Waals surface area contributed by atoms with Gasteiger partial charge in [0.2, 0.25) is 5.92 Å². The molecule has 2 heterocycles. The fourth-order valence-corrected chi connectivity index (χ4v) is 3.02. The number of carbonyl (C=O) groups is 1. The molecule has 0 saturated carbocycles. The molecule has 31 heavy (non-hydrogen) atoms. The van der Waals surface area contributed by atoms with Crippen molar-refractivity contribution in [3.05, 3.63) is 60.9 Å². The van der Waals surface area contributed by atoms with Crippen LogP contribution in [0.4, 0.5) is 8.78 Å². The zero-order valence-electron chi connectivity index (χ0n) is 17.4. The van der Waals surface area contributed by atoms with Gasteiger partial charge >= 0.3 is 5.97 Å². The Morgan fingerprint density at radius 1 is 1.16 bits per heavy atom. The Bertz CT molecular complexity index is 1030. The van der Waals surface area contributed by atoms with Crippen molar-refractivity contribution < 1.29 is 27.5 Å². The van der Waals surface area contributed by atoms with Crippen LogP contribution < -0.4 is 4.74 Å². The van der Waals surface area contributed by atoms with Gasteiger partial charge in [0.15, 0.2) is 0 Å². The molecule has 2 aromatic heterocycles. The second kappa shape index (κ2) is 10.2. The van der Waals surface area contributed by atoms with Gasteiger partial charge in [0.1, 0.15) is 17.1 Å². The van der Waals surface area contributed by atoms with Crippen LogP contribution in [0.3, 0.4) is 0 Å². The van der Waals surface area contributed by atoms with Crippen molar-refractivity contribution in [2.24, 2.45) is 0 Å². The van der Waals surface area contributed by atoms with E-state index in [1.165, 1.54) is 6.92 Å². The van der Waals surface area contributed by atoms with Crippen LogP contribution in [0, 0.1) is 0 Å². The summed E-state index contributed by atoms with van der Waals surface area (Å²) < 4.78 is 44.3. The van der Waals surface area contributed by atoms with Crippen LogP contribution in [-0.4, -0.2) is 30.1 Å². The minimum absolute atomic E-state index is 0.0397. The standard InChI is InChI=1S/C24H25F2NO4/c1-17(2)23(28)30-13-5-10-24(25,26)9-4-12-29-20-8-7-18-14-21(31-22(18)15-20)19-6-3-11-27-16-19/h3,6-8,11,14-16H,1,4-5,9-10,12-13H2,2H3. The molecule has 0 bridgehead atoms. The van der Waals surface area contributed by atoms with E-state index in [1.807, 2.05) is 24.3 Å². The summed E-state index contributed by atoms with van der Waals surface area (Å²) in [6, 6.07) is 11.1. The molecule has 0 fully saturated rings. The number of pyridine rings is 1. The van der Waals surface area contributed by atoms with Gasteiger partial charge in [-0.25, -0.2) is 13.6 Å². The number of ether oxygens (including phenoxy) is 2. The molecule has 164 valence electrons. The summed E-state index contributed by atoms with van der Waals surface area (Å²) in [4.78, 5) is 15.3. The molecule has 0 amide bonds. The van der Waals surface area contributed by atoms with Crippen molar-refractivity contribution in [3.8, 4) is 17.1 Å². The summed E-state index contributed by atoms with van der Waals surface area (Å²) >= 11 is 0. The molecule has 0 aliphatic heterocycles. The summed E-state index contributed by atoms with van der Waals surface area (Å²) in [6.07, 6.45) is 3.08. The number of nitrogens with zero attached hydrogens (tertiary/aromatic N) is 1. The highest BCUT2D eigenvalue weighted by Crippen LogP contribution is 2.30. The summed E-state index contributed by atoms with van der Waals surface area (Å²) in [5.41, 5.74) is 1.79. The number of halogens is 2. The first-order chi connectivity index (χ1) is 14.8. The molecular formula is C24H25F2NO4. The van der Waals surface area contributed by atoms with E-state index in [0.29, 0.717) is 17.1 Å². The molecule has 3 rings (SSSR count). The van der Waals surface area contributed by atoms with Gasteiger partial charge in [0, 0.05) is 47.8 Å². The molecule has 7 heteroatoms. The Hall–Kier alpha value is -3.22. The largest absolute Gasteiger partial charge is 0.493 e. The maximum Gasteiger partial charge on any atom is 0.333 e. The van der Waals surface area contributed by atoms with E-state index >= 15 is 0 Å². The van der Waals surface area contributed by atoms with E-state index in [1.54, 1.807) is 24.5 Å². The molecule has 3 aromatic rings. The van der Waals surface area contributed by atoms with E-state index in [0.717, 1.165) is 10.9 Å². The molecule has 0 aliphatic rings. The lowest BCUT2D eigenvalue weighted by Crippen LogP contribution is -2.18. The molecular weight excluding hydrogens is 404 g/mol. The monoisotopic (exact) mass is 429 g/mol. The number of benzene rings is 1. The van der Waals surface area contributed by atoms with Crippen molar-refractivity contribution >= 4 is 16.9 Å². The quantitative estimate of drug-likeness (QED) is 0.207. The Kier molecular flexibility index (Phi) is 7.39. The summed E-state index contributed by atoms with van der Waals surface area (Å²) in [5, 5.41) is 0.921. The fraction of sp³-hybridized carbons (Fsp3) is 0.333. The summed E-state index contributed by atoms with van der Waals surface area (Å²) in [7, 11) is 0. The number of hydrogen-bond acceptors (Lipinski definition) is 5. The third kappa shape index (κ3) is 6.64. The third-order valence-electron chi connectivity index (χ3n) is 4.66. The van der Waals surface area contributed by atoms with Crippen LogP contribution in [0.2, 0.25) is 0 Å². The SMILES string of the molecule is C=C(C)C(=O)OCCCC(F)(F)CCCOc1ccc2cc(-c3cccnc3)oc2c1. The summed E-state index contributed by atoms with van der Waals surface area (Å²) in [6.45, 7) is 5.09. The third-order valence-corrected chi connectivity index (χ3v) is 4.66. The van der Waals surface area contributed by atoms with Crippen LogP contribution in [0.15, 0.2) is 65.4 Å². The molecule has 0 spiro atoms. The average molecular weight is 429 g/mol. The Morgan fingerprint density at radius 3 is 2.65 bits per heavy atom. The van der Waals surface area contributed by atoms with Gasteiger partial charge in [-0.3, -0.25) is 4.98 Å². The number of esters is 1.